The summed E-state index contributed by atoms with van der Waals surface area (Å²) >= 11 is 0. The molecule has 5 heteroatoms. The minimum absolute atomic E-state index is 0.185. The second-order valence-electron chi connectivity index (χ2n) is 6.11. The highest BCUT2D eigenvalue weighted by atomic mass is 19.1. The van der Waals surface area contributed by atoms with Gasteiger partial charge in [-0.25, -0.2) is 9.37 Å². The number of aromatic nitrogens is 2. The van der Waals surface area contributed by atoms with E-state index in [0.29, 0.717) is 5.82 Å². The second-order valence-corrected chi connectivity index (χ2v) is 6.11. The summed E-state index contributed by atoms with van der Waals surface area (Å²) in [6.07, 6.45) is 1.88. The van der Waals surface area contributed by atoms with Crippen molar-refractivity contribution in [1.29, 1.82) is 0 Å². The molecular formula is C17H17FN4. The Bertz CT molecular complexity index is 843. The van der Waals surface area contributed by atoms with Crippen molar-refractivity contribution in [2.45, 2.75) is 26.2 Å². The van der Waals surface area contributed by atoms with Crippen LogP contribution in [0.1, 0.15) is 26.5 Å². The van der Waals surface area contributed by atoms with Gasteiger partial charge < -0.3 is 0 Å². The first-order valence-electron chi connectivity index (χ1n) is 7.10. The monoisotopic (exact) mass is 296 g/mol. The van der Waals surface area contributed by atoms with Crippen molar-refractivity contribution in [3.05, 3.63) is 60.2 Å². The van der Waals surface area contributed by atoms with Gasteiger partial charge in [0.2, 0.25) is 0 Å². The van der Waals surface area contributed by atoms with Crippen LogP contribution in [0.4, 0.5) is 15.9 Å². The Kier molecular flexibility index (Phi) is 3.48. The zero-order valence-corrected chi connectivity index (χ0v) is 12.8. The molecule has 3 rings (SSSR count). The number of halogens is 1. The lowest BCUT2D eigenvalue weighted by atomic mass is 9.92. The fraction of sp³-hybridized carbons (Fsp3) is 0.235. The van der Waals surface area contributed by atoms with Gasteiger partial charge >= 0.3 is 0 Å². The van der Waals surface area contributed by atoms with E-state index in [-0.39, 0.29) is 11.1 Å². The molecule has 0 aliphatic carbocycles. The van der Waals surface area contributed by atoms with Crippen molar-refractivity contribution in [2.75, 3.05) is 0 Å². The third-order valence-corrected chi connectivity index (χ3v) is 3.32. The first-order chi connectivity index (χ1) is 10.5. The molecule has 0 amide bonds. The average molecular weight is 296 g/mol. The number of azo groups is 1. The molecule has 2 aromatic heterocycles. The summed E-state index contributed by atoms with van der Waals surface area (Å²) in [5.74, 6) is 0.240. The van der Waals surface area contributed by atoms with Crippen molar-refractivity contribution in [3.8, 4) is 0 Å². The Labute approximate surface area is 128 Å². The average Bonchev–Trinajstić information content (AvgIpc) is 2.85. The van der Waals surface area contributed by atoms with Crippen LogP contribution in [-0.4, -0.2) is 9.38 Å². The first-order valence-corrected chi connectivity index (χ1v) is 7.10. The van der Waals surface area contributed by atoms with Crippen LogP contribution in [0.3, 0.4) is 0 Å². The van der Waals surface area contributed by atoms with Gasteiger partial charge in [-0.3, -0.25) is 4.40 Å². The molecule has 0 aliphatic heterocycles. The lowest BCUT2D eigenvalue weighted by Gasteiger charge is -2.15. The number of imidazole rings is 1. The standard InChI is InChI=1S/C17H17FN4/c1-17(2,3)15-16(22-11-7-6-10-14(22)19-15)21-20-13-9-5-4-8-12(13)18/h4-11H,1-3H3. The molecule has 0 radical (unpaired) electrons. The summed E-state index contributed by atoms with van der Waals surface area (Å²) < 4.78 is 15.6. The van der Waals surface area contributed by atoms with Crippen LogP contribution in [-0.2, 0) is 5.41 Å². The van der Waals surface area contributed by atoms with E-state index >= 15 is 0 Å². The molecule has 0 fully saturated rings. The normalized spacial score (nSPS) is 12.4. The predicted molar refractivity (Wildman–Crippen MR) is 84.5 cm³/mol. The molecule has 0 atom stereocenters. The van der Waals surface area contributed by atoms with E-state index in [1.54, 1.807) is 18.2 Å². The molecule has 22 heavy (non-hydrogen) atoms. The van der Waals surface area contributed by atoms with Gasteiger partial charge in [-0.2, -0.15) is 0 Å². The summed E-state index contributed by atoms with van der Waals surface area (Å²) in [4.78, 5) is 4.63. The number of nitrogens with zero attached hydrogens (tertiary/aromatic N) is 4. The molecule has 0 spiro atoms. The van der Waals surface area contributed by atoms with E-state index in [1.165, 1.54) is 6.07 Å². The minimum Gasteiger partial charge on any atom is -0.283 e. The van der Waals surface area contributed by atoms with E-state index < -0.39 is 5.82 Å². The van der Waals surface area contributed by atoms with Crippen LogP contribution < -0.4 is 0 Å². The Morgan fingerprint density at radius 1 is 1.00 bits per heavy atom. The molecule has 0 N–H and O–H groups in total. The van der Waals surface area contributed by atoms with Crippen LogP contribution in [0.5, 0.6) is 0 Å². The maximum Gasteiger partial charge on any atom is 0.183 e. The quantitative estimate of drug-likeness (QED) is 0.600. The molecule has 1 aromatic carbocycles. The van der Waals surface area contributed by atoms with Crippen molar-refractivity contribution in [3.63, 3.8) is 0 Å². The maximum atomic E-state index is 13.7. The van der Waals surface area contributed by atoms with E-state index in [9.17, 15) is 4.39 Å². The second kappa shape index (κ2) is 5.33. The third-order valence-electron chi connectivity index (χ3n) is 3.32. The van der Waals surface area contributed by atoms with Gasteiger partial charge in [0.25, 0.3) is 0 Å². The molecule has 3 aromatic rings. The molecule has 0 aliphatic rings. The fourth-order valence-corrected chi connectivity index (χ4v) is 2.22. The first kappa shape index (κ1) is 14.4. The third kappa shape index (κ3) is 2.62. The van der Waals surface area contributed by atoms with E-state index in [4.69, 9.17) is 0 Å². The van der Waals surface area contributed by atoms with Gasteiger partial charge in [0.05, 0.1) is 5.69 Å². The number of pyridine rings is 1. The lowest BCUT2D eigenvalue weighted by Crippen LogP contribution is -2.11. The zero-order valence-electron chi connectivity index (χ0n) is 12.8. The summed E-state index contributed by atoms with van der Waals surface area (Å²) in [5.41, 5.74) is 1.66. The minimum atomic E-state index is -0.391. The van der Waals surface area contributed by atoms with E-state index in [1.807, 2.05) is 28.8 Å². The van der Waals surface area contributed by atoms with Crippen molar-refractivity contribution in [2.24, 2.45) is 10.2 Å². The molecule has 2 heterocycles. The Hall–Kier alpha value is -2.56. The zero-order chi connectivity index (χ0) is 15.7. The van der Waals surface area contributed by atoms with Crippen LogP contribution in [0.15, 0.2) is 58.9 Å². The molecule has 0 unspecified atom stereocenters. The van der Waals surface area contributed by atoms with Crippen LogP contribution in [0.2, 0.25) is 0 Å². The Morgan fingerprint density at radius 2 is 1.73 bits per heavy atom. The van der Waals surface area contributed by atoms with E-state index in [0.717, 1.165) is 11.3 Å². The highest BCUT2D eigenvalue weighted by molar-refractivity contribution is 5.54. The Morgan fingerprint density at radius 3 is 2.45 bits per heavy atom. The number of rotatable bonds is 2. The van der Waals surface area contributed by atoms with Crippen LogP contribution in [0, 0.1) is 5.82 Å². The largest absolute Gasteiger partial charge is 0.283 e. The molecule has 0 saturated heterocycles. The van der Waals surface area contributed by atoms with Gasteiger partial charge in [0, 0.05) is 11.6 Å². The SMILES string of the molecule is CC(C)(C)c1nc2ccccn2c1N=Nc1ccccc1F. The number of fused-ring (bicyclic) bond motifs is 1. The van der Waals surface area contributed by atoms with Gasteiger partial charge in [0.15, 0.2) is 11.6 Å². The molecule has 0 saturated carbocycles. The van der Waals surface area contributed by atoms with Crippen molar-refractivity contribution in [1.82, 2.24) is 9.38 Å². The number of benzene rings is 1. The number of hydrogen-bond donors (Lipinski definition) is 0. The summed E-state index contributed by atoms with van der Waals surface area (Å²) in [5, 5.41) is 8.34. The fourth-order valence-electron chi connectivity index (χ4n) is 2.22. The van der Waals surface area contributed by atoms with Gasteiger partial charge in [-0.05, 0) is 24.3 Å². The molecule has 0 bridgehead atoms. The maximum absolute atomic E-state index is 13.7. The topological polar surface area (TPSA) is 42.0 Å². The van der Waals surface area contributed by atoms with E-state index in [2.05, 4.69) is 36.0 Å². The number of hydrogen-bond acceptors (Lipinski definition) is 3. The highest BCUT2D eigenvalue weighted by Crippen LogP contribution is 2.33. The summed E-state index contributed by atoms with van der Waals surface area (Å²) in [7, 11) is 0. The molecule has 4 nitrogen and oxygen atoms in total. The van der Waals surface area contributed by atoms with Gasteiger partial charge in [-0.1, -0.05) is 39.0 Å². The Balaban J connectivity index is 2.15. The molecular weight excluding hydrogens is 279 g/mol. The van der Waals surface area contributed by atoms with Crippen molar-refractivity contribution < 1.29 is 4.39 Å². The lowest BCUT2D eigenvalue weighted by molar-refractivity contribution is 0.573. The highest BCUT2D eigenvalue weighted by Gasteiger charge is 2.24. The van der Waals surface area contributed by atoms with Crippen molar-refractivity contribution >= 4 is 17.2 Å². The van der Waals surface area contributed by atoms with Gasteiger partial charge in [-0.15, -0.1) is 10.2 Å². The summed E-state index contributed by atoms with van der Waals surface area (Å²) in [6.45, 7) is 6.20. The summed E-state index contributed by atoms with van der Waals surface area (Å²) in [6, 6.07) is 12.1. The molecule has 112 valence electrons. The van der Waals surface area contributed by atoms with Crippen LogP contribution >= 0.6 is 0 Å². The smallest absolute Gasteiger partial charge is 0.183 e. The van der Waals surface area contributed by atoms with Crippen LogP contribution in [0.25, 0.3) is 5.65 Å². The predicted octanol–water partition coefficient (Wildman–Crippen LogP) is 5.19. The van der Waals surface area contributed by atoms with Gasteiger partial charge in [0.1, 0.15) is 11.3 Å².